The largest absolute Gasteiger partial charge is 0.494 e. The highest BCUT2D eigenvalue weighted by molar-refractivity contribution is 14.1. The molecule has 0 atom stereocenters. The summed E-state index contributed by atoms with van der Waals surface area (Å²) in [6, 6.07) is 9.66. The maximum Gasteiger partial charge on any atom is 0.264 e. The van der Waals surface area contributed by atoms with E-state index >= 15 is 0 Å². The number of ether oxygens (including phenoxy) is 1. The highest BCUT2D eigenvalue weighted by atomic mass is 127. The summed E-state index contributed by atoms with van der Waals surface area (Å²) in [5.74, 6) is 0.819. The minimum atomic E-state index is 0.0476. The van der Waals surface area contributed by atoms with E-state index in [9.17, 15) is 4.79 Å². The molecule has 1 aromatic carbocycles. The Morgan fingerprint density at radius 1 is 1.25 bits per heavy atom. The van der Waals surface area contributed by atoms with Crippen LogP contribution in [0.3, 0.4) is 0 Å². The fourth-order valence-corrected chi connectivity index (χ4v) is 3.09. The molecular formula is C15H15BrINO2. The predicted octanol–water partition coefficient (Wildman–Crippen LogP) is 4.30. The van der Waals surface area contributed by atoms with E-state index in [0.717, 1.165) is 25.0 Å². The van der Waals surface area contributed by atoms with Gasteiger partial charge in [-0.3, -0.25) is 4.79 Å². The van der Waals surface area contributed by atoms with Crippen LogP contribution in [-0.2, 0) is 6.54 Å². The first kappa shape index (κ1) is 15.6. The molecule has 2 rings (SSSR count). The van der Waals surface area contributed by atoms with Gasteiger partial charge in [0.25, 0.3) is 5.56 Å². The van der Waals surface area contributed by atoms with Crippen LogP contribution in [0.15, 0.2) is 39.6 Å². The lowest BCUT2D eigenvalue weighted by atomic mass is 10.1. The Morgan fingerprint density at radius 2 is 2.00 bits per heavy atom. The molecule has 0 unspecified atom stereocenters. The number of nitrogens with zero attached hydrogens (tertiary/aromatic N) is 1. The molecule has 0 fully saturated rings. The van der Waals surface area contributed by atoms with Crippen molar-refractivity contribution < 1.29 is 4.74 Å². The van der Waals surface area contributed by atoms with E-state index < -0.39 is 0 Å². The Morgan fingerprint density at radius 3 is 2.60 bits per heavy atom. The summed E-state index contributed by atoms with van der Waals surface area (Å²) in [4.78, 5) is 12.2. The summed E-state index contributed by atoms with van der Waals surface area (Å²) in [6.45, 7) is 5.21. The molecule has 0 aliphatic rings. The van der Waals surface area contributed by atoms with Gasteiger partial charge in [0.2, 0.25) is 0 Å². The zero-order valence-electron chi connectivity index (χ0n) is 11.3. The van der Waals surface area contributed by atoms with Crippen molar-refractivity contribution in [2.45, 2.75) is 20.4 Å². The molecule has 1 aromatic heterocycles. The van der Waals surface area contributed by atoms with E-state index in [1.165, 1.54) is 0 Å². The number of benzene rings is 1. The molecule has 1 heterocycles. The molecule has 2 aromatic rings. The third-order valence-electron chi connectivity index (χ3n) is 2.97. The normalized spacial score (nSPS) is 10.6. The first-order valence-electron chi connectivity index (χ1n) is 6.40. The van der Waals surface area contributed by atoms with Crippen LogP contribution in [0.25, 0.3) is 11.3 Å². The zero-order valence-corrected chi connectivity index (χ0v) is 15.1. The standard InChI is InChI=1S/C15H15BrINO2/c1-3-18-14(8-7-13(17)15(18)19)11-6-5-10(20-4-2)9-12(11)16/h5-9H,3-4H2,1-2H3. The molecule has 3 nitrogen and oxygen atoms in total. The van der Waals surface area contributed by atoms with Gasteiger partial charge in [0.1, 0.15) is 5.75 Å². The van der Waals surface area contributed by atoms with Crippen molar-refractivity contribution in [2.75, 3.05) is 6.61 Å². The van der Waals surface area contributed by atoms with Gasteiger partial charge < -0.3 is 9.30 Å². The Hall–Kier alpha value is -0.820. The van der Waals surface area contributed by atoms with Crippen LogP contribution in [0.2, 0.25) is 0 Å². The fraction of sp³-hybridized carbons (Fsp3) is 0.267. The topological polar surface area (TPSA) is 31.2 Å². The average molecular weight is 448 g/mol. The molecule has 106 valence electrons. The van der Waals surface area contributed by atoms with E-state index in [0.29, 0.717) is 13.2 Å². The summed E-state index contributed by atoms with van der Waals surface area (Å²) >= 11 is 5.63. The van der Waals surface area contributed by atoms with Gasteiger partial charge in [0.15, 0.2) is 0 Å². The van der Waals surface area contributed by atoms with Gasteiger partial charge in [0, 0.05) is 16.6 Å². The van der Waals surface area contributed by atoms with Gasteiger partial charge >= 0.3 is 0 Å². The second-order valence-electron chi connectivity index (χ2n) is 4.19. The highest BCUT2D eigenvalue weighted by Crippen LogP contribution is 2.31. The SMILES string of the molecule is CCOc1ccc(-c2ccc(I)c(=O)n2CC)c(Br)c1. The number of pyridine rings is 1. The number of aromatic nitrogens is 1. The van der Waals surface area contributed by atoms with E-state index in [2.05, 4.69) is 38.5 Å². The maximum atomic E-state index is 12.2. The minimum absolute atomic E-state index is 0.0476. The molecule has 0 saturated heterocycles. The summed E-state index contributed by atoms with van der Waals surface area (Å²) in [5, 5.41) is 0. The van der Waals surface area contributed by atoms with E-state index in [1.54, 1.807) is 4.57 Å². The number of hydrogen-bond acceptors (Lipinski definition) is 2. The number of rotatable bonds is 4. The summed E-state index contributed by atoms with van der Waals surface area (Å²) in [5.41, 5.74) is 1.95. The van der Waals surface area contributed by atoms with Crippen molar-refractivity contribution in [3.63, 3.8) is 0 Å². The van der Waals surface area contributed by atoms with Gasteiger partial charge in [0.05, 0.1) is 15.9 Å². The van der Waals surface area contributed by atoms with Gasteiger partial charge in [-0.25, -0.2) is 0 Å². The Bertz CT molecular complexity index is 682. The first-order chi connectivity index (χ1) is 9.58. The molecule has 0 radical (unpaired) electrons. The van der Waals surface area contributed by atoms with Crippen molar-refractivity contribution in [3.8, 4) is 17.0 Å². The summed E-state index contributed by atoms with van der Waals surface area (Å²) in [6.07, 6.45) is 0. The lowest BCUT2D eigenvalue weighted by Gasteiger charge is -2.14. The second-order valence-corrected chi connectivity index (χ2v) is 6.21. The van der Waals surface area contributed by atoms with Crippen LogP contribution in [0.1, 0.15) is 13.8 Å². The van der Waals surface area contributed by atoms with Crippen molar-refractivity contribution in [3.05, 3.63) is 48.7 Å². The van der Waals surface area contributed by atoms with Crippen molar-refractivity contribution >= 4 is 38.5 Å². The zero-order chi connectivity index (χ0) is 14.7. The van der Waals surface area contributed by atoms with Gasteiger partial charge in [-0.05, 0) is 82.7 Å². The lowest BCUT2D eigenvalue weighted by molar-refractivity contribution is 0.340. The fourth-order valence-electron chi connectivity index (χ4n) is 2.06. The molecule has 5 heteroatoms. The highest BCUT2D eigenvalue weighted by Gasteiger charge is 2.11. The Labute approximate surface area is 140 Å². The van der Waals surface area contributed by atoms with Crippen molar-refractivity contribution in [1.29, 1.82) is 0 Å². The molecule has 0 amide bonds. The van der Waals surface area contributed by atoms with E-state index in [1.807, 2.05) is 44.2 Å². The van der Waals surface area contributed by atoms with E-state index in [4.69, 9.17) is 4.74 Å². The molecule has 0 spiro atoms. The maximum absolute atomic E-state index is 12.2. The summed E-state index contributed by atoms with van der Waals surface area (Å²) in [7, 11) is 0. The van der Waals surface area contributed by atoms with Crippen LogP contribution in [0.4, 0.5) is 0 Å². The summed E-state index contributed by atoms with van der Waals surface area (Å²) < 4.78 is 8.91. The van der Waals surface area contributed by atoms with Gasteiger partial charge in [-0.1, -0.05) is 0 Å². The van der Waals surface area contributed by atoms with E-state index in [-0.39, 0.29) is 5.56 Å². The minimum Gasteiger partial charge on any atom is -0.494 e. The van der Waals surface area contributed by atoms with Crippen LogP contribution in [0.5, 0.6) is 5.75 Å². The molecule has 0 bridgehead atoms. The third kappa shape index (κ3) is 3.09. The van der Waals surface area contributed by atoms with Gasteiger partial charge in [-0.15, -0.1) is 0 Å². The lowest BCUT2D eigenvalue weighted by Crippen LogP contribution is -2.22. The molecule has 0 N–H and O–H groups in total. The average Bonchev–Trinajstić information content (AvgIpc) is 2.43. The quantitative estimate of drug-likeness (QED) is 0.654. The second kappa shape index (κ2) is 6.76. The number of hydrogen-bond donors (Lipinski definition) is 0. The smallest absolute Gasteiger partial charge is 0.264 e. The van der Waals surface area contributed by atoms with Crippen LogP contribution < -0.4 is 10.3 Å². The van der Waals surface area contributed by atoms with Crippen molar-refractivity contribution in [1.82, 2.24) is 4.57 Å². The predicted molar refractivity (Wildman–Crippen MR) is 93.4 cm³/mol. The Balaban J connectivity index is 2.57. The Kier molecular flexibility index (Phi) is 5.26. The van der Waals surface area contributed by atoms with Crippen LogP contribution >= 0.6 is 38.5 Å². The third-order valence-corrected chi connectivity index (χ3v) is 4.45. The van der Waals surface area contributed by atoms with Crippen LogP contribution in [-0.4, -0.2) is 11.2 Å². The molecule has 0 saturated carbocycles. The molecular weight excluding hydrogens is 433 g/mol. The van der Waals surface area contributed by atoms with Crippen molar-refractivity contribution in [2.24, 2.45) is 0 Å². The number of halogens is 2. The van der Waals surface area contributed by atoms with Gasteiger partial charge in [-0.2, -0.15) is 0 Å². The molecule has 0 aliphatic heterocycles. The van der Waals surface area contributed by atoms with Crippen LogP contribution in [0, 0.1) is 3.57 Å². The molecule has 0 aliphatic carbocycles. The molecule has 20 heavy (non-hydrogen) atoms. The monoisotopic (exact) mass is 447 g/mol. The first-order valence-corrected chi connectivity index (χ1v) is 8.27.